The predicted octanol–water partition coefficient (Wildman–Crippen LogP) is -0.114. The molecule has 0 aliphatic carbocycles. The number of alkyl halides is 3. The van der Waals surface area contributed by atoms with Gasteiger partial charge in [0.2, 0.25) is 11.8 Å². The van der Waals surface area contributed by atoms with Crippen LogP contribution < -0.4 is 21.1 Å². The Morgan fingerprint density at radius 2 is 1.79 bits per heavy atom. The van der Waals surface area contributed by atoms with Gasteiger partial charge in [0.05, 0.1) is 6.54 Å². The van der Waals surface area contributed by atoms with Gasteiger partial charge in [0, 0.05) is 6.42 Å². The molecule has 1 aromatic carbocycles. The van der Waals surface area contributed by atoms with Gasteiger partial charge < -0.3 is 21.1 Å². The highest BCUT2D eigenvalue weighted by Crippen LogP contribution is 2.20. The molecule has 4 N–H and O–H groups in total. The van der Waals surface area contributed by atoms with Crippen LogP contribution in [0.25, 0.3) is 0 Å². The molecule has 0 aromatic heterocycles. The number of hydrogen-bond acceptors (Lipinski definition) is 5. The normalized spacial score (nSPS) is 12.3. The molecular formula is C14H16F3N3O4. The Hall–Kier alpha value is -2.62. The monoisotopic (exact) mass is 347 g/mol. The lowest BCUT2D eigenvalue weighted by atomic mass is 10.1. The number of primary amides is 1. The van der Waals surface area contributed by atoms with Crippen LogP contribution in [0.5, 0.6) is 5.75 Å². The number of esters is 1. The number of rotatable bonds is 7. The second-order valence-corrected chi connectivity index (χ2v) is 4.79. The summed E-state index contributed by atoms with van der Waals surface area (Å²) in [6.45, 7) is -0.00386. The molecule has 7 nitrogen and oxygen atoms in total. The Morgan fingerprint density at radius 3 is 2.25 bits per heavy atom. The van der Waals surface area contributed by atoms with Gasteiger partial charge in [0.25, 0.3) is 0 Å². The van der Waals surface area contributed by atoms with Crippen molar-refractivity contribution in [1.29, 1.82) is 0 Å². The van der Waals surface area contributed by atoms with Crippen molar-refractivity contribution in [3.63, 3.8) is 0 Å². The molecule has 0 unspecified atom stereocenters. The molecule has 0 radical (unpaired) electrons. The van der Waals surface area contributed by atoms with Crippen molar-refractivity contribution in [1.82, 2.24) is 10.6 Å². The number of carbonyl (C=O) groups excluding carboxylic acids is 3. The van der Waals surface area contributed by atoms with E-state index in [0.29, 0.717) is 5.56 Å². The van der Waals surface area contributed by atoms with Crippen molar-refractivity contribution in [3.8, 4) is 5.75 Å². The summed E-state index contributed by atoms with van der Waals surface area (Å²) in [5, 5.41) is 5.03. The van der Waals surface area contributed by atoms with Crippen LogP contribution in [0.3, 0.4) is 0 Å². The number of amides is 2. The fourth-order valence-electron chi connectivity index (χ4n) is 1.72. The summed E-state index contributed by atoms with van der Waals surface area (Å²) in [5.74, 6) is -3.82. The van der Waals surface area contributed by atoms with Crippen LogP contribution in [0.15, 0.2) is 24.3 Å². The second kappa shape index (κ2) is 8.29. The van der Waals surface area contributed by atoms with Gasteiger partial charge in [0.1, 0.15) is 11.8 Å². The Bertz CT molecular complexity index is 602. The predicted molar refractivity (Wildman–Crippen MR) is 76.9 cm³/mol. The van der Waals surface area contributed by atoms with E-state index in [1.807, 2.05) is 0 Å². The molecule has 0 bridgehead atoms. The molecule has 0 fully saturated rings. The van der Waals surface area contributed by atoms with E-state index in [1.54, 1.807) is 7.05 Å². The summed E-state index contributed by atoms with van der Waals surface area (Å²) in [4.78, 5) is 33.5. The average molecular weight is 347 g/mol. The largest absolute Gasteiger partial charge is 0.491 e. The van der Waals surface area contributed by atoms with Crippen LogP contribution in [0.1, 0.15) is 5.56 Å². The SMILES string of the molecule is CNCC(=O)N[C@@H](Cc1ccc(OC(=O)C(F)(F)F)cc1)C(N)=O. The lowest BCUT2D eigenvalue weighted by Gasteiger charge is -2.15. The van der Waals surface area contributed by atoms with E-state index in [9.17, 15) is 27.6 Å². The van der Waals surface area contributed by atoms with Gasteiger partial charge in [-0.15, -0.1) is 0 Å². The summed E-state index contributed by atoms with van der Waals surface area (Å²) in [7, 11) is 1.56. The van der Waals surface area contributed by atoms with Gasteiger partial charge in [-0.1, -0.05) is 12.1 Å². The molecule has 2 amide bonds. The number of likely N-dealkylation sites (N-methyl/N-ethyl adjacent to an activating group) is 1. The van der Waals surface area contributed by atoms with Crippen molar-refractivity contribution in [2.45, 2.75) is 18.6 Å². The average Bonchev–Trinajstić information content (AvgIpc) is 2.47. The van der Waals surface area contributed by atoms with Crippen molar-refractivity contribution < 1.29 is 32.3 Å². The highest BCUT2D eigenvalue weighted by molar-refractivity contribution is 5.87. The summed E-state index contributed by atoms with van der Waals surface area (Å²) in [6.07, 6.45) is -5.05. The van der Waals surface area contributed by atoms with E-state index in [4.69, 9.17) is 5.73 Å². The first-order valence-electron chi connectivity index (χ1n) is 6.74. The molecule has 0 saturated carbocycles. The molecule has 10 heteroatoms. The molecule has 0 aliphatic rings. The summed E-state index contributed by atoms with van der Waals surface area (Å²) >= 11 is 0. The van der Waals surface area contributed by atoms with E-state index in [-0.39, 0.29) is 18.7 Å². The van der Waals surface area contributed by atoms with Gasteiger partial charge >= 0.3 is 12.1 Å². The van der Waals surface area contributed by atoms with Crippen LogP contribution in [0.4, 0.5) is 13.2 Å². The molecular weight excluding hydrogens is 331 g/mol. The third kappa shape index (κ3) is 6.24. The molecule has 0 saturated heterocycles. The van der Waals surface area contributed by atoms with Gasteiger partial charge in [-0.3, -0.25) is 9.59 Å². The number of hydrogen-bond donors (Lipinski definition) is 3. The first-order valence-corrected chi connectivity index (χ1v) is 6.74. The quantitative estimate of drug-likeness (QED) is 0.471. The molecule has 1 atom stereocenters. The molecule has 1 aromatic rings. The Labute approximate surface area is 135 Å². The standard InChI is InChI=1S/C14H16F3N3O4/c1-19-7-11(21)20-10(12(18)22)6-8-2-4-9(5-3-8)24-13(23)14(15,16)17/h2-5,10,19H,6-7H2,1H3,(H2,18,22)(H,20,21)/t10-/m0/s1. The summed E-state index contributed by atoms with van der Waals surface area (Å²) in [5.41, 5.74) is 5.71. The lowest BCUT2D eigenvalue weighted by Crippen LogP contribution is -2.48. The molecule has 0 aliphatic heterocycles. The zero-order valence-electron chi connectivity index (χ0n) is 12.6. The summed E-state index contributed by atoms with van der Waals surface area (Å²) in [6, 6.07) is 4.03. The number of benzene rings is 1. The van der Waals surface area contributed by atoms with Gasteiger partial charge in [0.15, 0.2) is 0 Å². The summed E-state index contributed by atoms with van der Waals surface area (Å²) < 4.78 is 40.4. The van der Waals surface area contributed by atoms with E-state index in [0.717, 1.165) is 12.1 Å². The second-order valence-electron chi connectivity index (χ2n) is 4.79. The van der Waals surface area contributed by atoms with Gasteiger partial charge in [-0.25, -0.2) is 4.79 Å². The number of halogens is 3. The topological polar surface area (TPSA) is 111 Å². The fraction of sp³-hybridized carbons (Fsp3) is 0.357. The highest BCUT2D eigenvalue weighted by atomic mass is 19.4. The van der Waals surface area contributed by atoms with E-state index >= 15 is 0 Å². The molecule has 0 spiro atoms. The van der Waals surface area contributed by atoms with Crippen molar-refractivity contribution in [2.24, 2.45) is 5.73 Å². The number of ether oxygens (including phenoxy) is 1. The van der Waals surface area contributed by atoms with Crippen molar-refractivity contribution in [2.75, 3.05) is 13.6 Å². The maximum Gasteiger partial charge on any atom is 0.491 e. The molecule has 132 valence electrons. The zero-order chi connectivity index (χ0) is 18.3. The van der Waals surface area contributed by atoms with Crippen LogP contribution in [-0.2, 0) is 20.8 Å². The molecule has 1 rings (SSSR count). The Kier molecular flexibility index (Phi) is 6.71. The van der Waals surface area contributed by atoms with E-state index in [2.05, 4.69) is 15.4 Å². The highest BCUT2D eigenvalue weighted by Gasteiger charge is 2.41. The third-order valence-electron chi connectivity index (χ3n) is 2.82. The Morgan fingerprint density at radius 1 is 1.21 bits per heavy atom. The molecule has 0 heterocycles. The van der Waals surface area contributed by atoms with Crippen LogP contribution in [-0.4, -0.2) is 43.6 Å². The maximum atomic E-state index is 12.1. The van der Waals surface area contributed by atoms with Crippen LogP contribution >= 0.6 is 0 Å². The minimum Gasteiger partial charge on any atom is -0.420 e. The number of carbonyl (C=O) groups is 3. The smallest absolute Gasteiger partial charge is 0.420 e. The molecule has 24 heavy (non-hydrogen) atoms. The van der Waals surface area contributed by atoms with Gasteiger partial charge in [-0.2, -0.15) is 13.2 Å². The van der Waals surface area contributed by atoms with Crippen molar-refractivity contribution in [3.05, 3.63) is 29.8 Å². The minimum absolute atomic E-state index is 0.00386. The number of nitrogens with one attached hydrogen (secondary N) is 2. The first kappa shape index (κ1) is 19.4. The van der Waals surface area contributed by atoms with Crippen molar-refractivity contribution >= 4 is 17.8 Å². The third-order valence-corrected chi connectivity index (χ3v) is 2.82. The maximum absolute atomic E-state index is 12.1. The van der Waals surface area contributed by atoms with Crippen LogP contribution in [0.2, 0.25) is 0 Å². The first-order chi connectivity index (χ1) is 11.1. The van der Waals surface area contributed by atoms with E-state index < -0.39 is 30.0 Å². The fourth-order valence-corrected chi connectivity index (χ4v) is 1.72. The lowest BCUT2D eigenvalue weighted by molar-refractivity contribution is -0.189. The van der Waals surface area contributed by atoms with Gasteiger partial charge in [-0.05, 0) is 24.7 Å². The minimum atomic E-state index is -5.09. The van der Waals surface area contributed by atoms with E-state index in [1.165, 1.54) is 12.1 Å². The Balaban J connectivity index is 2.72. The van der Waals surface area contributed by atoms with Crippen LogP contribution in [0, 0.1) is 0 Å². The zero-order valence-corrected chi connectivity index (χ0v) is 12.6. The number of nitrogens with two attached hydrogens (primary N) is 1.